The van der Waals surface area contributed by atoms with E-state index in [1.165, 1.54) is 28.6 Å². The van der Waals surface area contributed by atoms with Gasteiger partial charge in [-0.1, -0.05) is 76.6 Å². The van der Waals surface area contributed by atoms with Crippen LogP contribution in [0.5, 0.6) is 0 Å². The minimum absolute atomic E-state index is 0.0646. The molecule has 194 valence electrons. The first-order valence-corrected chi connectivity index (χ1v) is 14.0. The summed E-state index contributed by atoms with van der Waals surface area (Å²) >= 11 is 3.31. The number of halogens is 1. The van der Waals surface area contributed by atoms with Crippen LogP contribution in [-0.4, -0.2) is 31.2 Å². The topological polar surface area (TPSA) is 92.8 Å². The third-order valence-corrected chi connectivity index (χ3v) is 7.98. The quantitative estimate of drug-likeness (QED) is 0.219. The van der Waals surface area contributed by atoms with Crippen LogP contribution in [0.4, 0.5) is 10.5 Å². The summed E-state index contributed by atoms with van der Waals surface area (Å²) in [6, 6.07) is 31.3. The van der Waals surface area contributed by atoms with Crippen molar-refractivity contribution in [3.05, 3.63) is 130 Å². The van der Waals surface area contributed by atoms with Crippen LogP contribution in [0.25, 0.3) is 0 Å². The maximum absolute atomic E-state index is 13.6. The number of ether oxygens (including phenoxy) is 1. The Bertz CT molecular complexity index is 1440. The van der Waals surface area contributed by atoms with Crippen molar-refractivity contribution in [2.45, 2.75) is 18.0 Å². The van der Waals surface area contributed by atoms with Gasteiger partial charge in [0.15, 0.2) is 12.4 Å². The number of benzene rings is 4. The minimum atomic E-state index is -3.88. The van der Waals surface area contributed by atoms with Gasteiger partial charge in [0, 0.05) is 28.8 Å². The first-order chi connectivity index (χ1) is 18.3. The number of carbonyl (C=O) groups is 2. The van der Waals surface area contributed by atoms with Crippen LogP contribution in [-0.2, 0) is 27.8 Å². The fraction of sp³-hybridized carbons (Fsp3) is 0.103. The van der Waals surface area contributed by atoms with Crippen molar-refractivity contribution >= 4 is 43.5 Å². The molecule has 0 atom stereocenters. The van der Waals surface area contributed by atoms with Gasteiger partial charge in [0.1, 0.15) is 0 Å². The lowest BCUT2D eigenvalue weighted by molar-refractivity contribution is 0.0863. The Balaban J connectivity index is 1.44. The molecule has 9 heteroatoms. The second-order valence-corrected chi connectivity index (χ2v) is 11.3. The standard InChI is InChI=1S/C29H25BrN2O5S/c30-25-13-15-26(16-14-25)31-29(34)37-21-28(33)24-11-17-27(18-12-24)38(35,36)32(19-22-7-3-1-4-8-22)20-23-9-5-2-6-10-23/h1-18H,19-21H2,(H,31,34). The third kappa shape index (κ3) is 7.38. The predicted octanol–water partition coefficient (Wildman–Crippen LogP) is 6.27. The van der Waals surface area contributed by atoms with Crippen molar-refractivity contribution in [2.24, 2.45) is 0 Å². The average molecular weight is 593 g/mol. The van der Waals surface area contributed by atoms with Crippen LogP contribution in [0.2, 0.25) is 0 Å². The third-order valence-electron chi connectivity index (χ3n) is 5.64. The molecule has 0 heterocycles. The lowest BCUT2D eigenvalue weighted by atomic mass is 10.1. The molecular weight excluding hydrogens is 568 g/mol. The van der Waals surface area contributed by atoms with Crippen molar-refractivity contribution in [3.8, 4) is 0 Å². The molecule has 0 aromatic heterocycles. The van der Waals surface area contributed by atoms with Gasteiger partial charge in [-0.15, -0.1) is 0 Å². The molecule has 1 N–H and O–H groups in total. The maximum Gasteiger partial charge on any atom is 0.412 e. The molecule has 0 fully saturated rings. The largest absolute Gasteiger partial charge is 0.441 e. The SMILES string of the molecule is O=C(Nc1ccc(Br)cc1)OCC(=O)c1ccc(S(=O)(=O)N(Cc2ccccc2)Cc2ccccc2)cc1. The lowest BCUT2D eigenvalue weighted by Gasteiger charge is -2.23. The van der Waals surface area contributed by atoms with Crippen molar-refractivity contribution in [3.63, 3.8) is 0 Å². The van der Waals surface area contributed by atoms with Crippen molar-refractivity contribution in [2.75, 3.05) is 11.9 Å². The van der Waals surface area contributed by atoms with Gasteiger partial charge in [0.2, 0.25) is 10.0 Å². The molecule has 4 aromatic carbocycles. The summed E-state index contributed by atoms with van der Waals surface area (Å²) < 4.78 is 34.5. The summed E-state index contributed by atoms with van der Waals surface area (Å²) in [7, 11) is -3.88. The number of rotatable bonds is 10. The average Bonchev–Trinajstić information content (AvgIpc) is 2.94. The van der Waals surface area contributed by atoms with Crippen LogP contribution in [0, 0.1) is 0 Å². The Morgan fingerprint density at radius 2 is 1.26 bits per heavy atom. The normalized spacial score (nSPS) is 11.2. The number of carbonyl (C=O) groups excluding carboxylic acids is 2. The monoisotopic (exact) mass is 592 g/mol. The molecule has 0 aliphatic rings. The van der Waals surface area contributed by atoms with Gasteiger partial charge >= 0.3 is 6.09 Å². The highest BCUT2D eigenvalue weighted by atomic mass is 79.9. The predicted molar refractivity (Wildman–Crippen MR) is 149 cm³/mol. The summed E-state index contributed by atoms with van der Waals surface area (Å²) in [5.74, 6) is -0.453. The molecule has 0 saturated heterocycles. The Kier molecular flexibility index (Phi) is 9.06. The highest BCUT2D eigenvalue weighted by Crippen LogP contribution is 2.22. The van der Waals surface area contributed by atoms with Gasteiger partial charge in [-0.2, -0.15) is 4.31 Å². The lowest BCUT2D eigenvalue weighted by Crippen LogP contribution is -2.30. The number of amides is 1. The van der Waals surface area contributed by atoms with Gasteiger partial charge < -0.3 is 4.74 Å². The number of ketones is 1. The van der Waals surface area contributed by atoms with E-state index in [2.05, 4.69) is 21.2 Å². The van der Waals surface area contributed by atoms with E-state index in [4.69, 9.17) is 4.74 Å². The molecule has 0 unspecified atom stereocenters. The number of anilines is 1. The smallest absolute Gasteiger partial charge is 0.412 e. The number of nitrogens with zero attached hydrogens (tertiary/aromatic N) is 1. The van der Waals surface area contributed by atoms with Crippen LogP contribution in [0.15, 0.2) is 119 Å². The number of hydrogen-bond donors (Lipinski definition) is 1. The summed E-state index contributed by atoms with van der Waals surface area (Å²) in [6.45, 7) is -0.0945. The highest BCUT2D eigenvalue weighted by Gasteiger charge is 2.25. The first kappa shape index (κ1) is 27.3. The van der Waals surface area contributed by atoms with Crippen molar-refractivity contribution in [1.82, 2.24) is 4.31 Å². The van der Waals surface area contributed by atoms with E-state index in [9.17, 15) is 18.0 Å². The number of hydrogen-bond acceptors (Lipinski definition) is 5. The molecule has 0 aliphatic carbocycles. The van der Waals surface area contributed by atoms with Gasteiger partial charge in [0.05, 0.1) is 4.90 Å². The van der Waals surface area contributed by atoms with E-state index >= 15 is 0 Å². The Labute approximate surface area is 230 Å². The molecule has 0 radical (unpaired) electrons. The van der Waals surface area contributed by atoms with Gasteiger partial charge in [-0.3, -0.25) is 10.1 Å². The summed E-state index contributed by atoms with van der Waals surface area (Å²) in [6.07, 6.45) is -0.766. The molecule has 38 heavy (non-hydrogen) atoms. The van der Waals surface area contributed by atoms with E-state index in [-0.39, 0.29) is 23.5 Å². The van der Waals surface area contributed by atoms with Gasteiger partial charge in [-0.25, -0.2) is 13.2 Å². The van der Waals surface area contributed by atoms with Gasteiger partial charge in [0.25, 0.3) is 0 Å². The number of nitrogens with one attached hydrogen (secondary N) is 1. The summed E-state index contributed by atoms with van der Waals surface area (Å²) in [4.78, 5) is 24.6. The maximum atomic E-state index is 13.6. The molecule has 0 bridgehead atoms. The second-order valence-electron chi connectivity index (χ2n) is 8.40. The van der Waals surface area contributed by atoms with Crippen LogP contribution < -0.4 is 5.32 Å². The highest BCUT2D eigenvalue weighted by molar-refractivity contribution is 9.10. The summed E-state index contributed by atoms with van der Waals surface area (Å²) in [5.41, 5.74) is 2.48. The van der Waals surface area contributed by atoms with Gasteiger partial charge in [-0.05, 0) is 59.7 Å². The fourth-order valence-electron chi connectivity index (χ4n) is 3.66. The molecule has 4 aromatic rings. The number of sulfonamides is 1. The molecular formula is C29H25BrN2O5S. The van der Waals surface area contributed by atoms with E-state index in [0.717, 1.165) is 15.6 Å². The van der Waals surface area contributed by atoms with Crippen LogP contribution >= 0.6 is 15.9 Å². The molecule has 0 aliphatic heterocycles. The zero-order valence-electron chi connectivity index (χ0n) is 20.3. The fourth-order valence-corrected chi connectivity index (χ4v) is 5.34. The van der Waals surface area contributed by atoms with Crippen molar-refractivity contribution in [1.29, 1.82) is 0 Å². The molecule has 0 spiro atoms. The minimum Gasteiger partial charge on any atom is -0.441 e. The number of Topliss-reactive ketones (excluding diaryl/α,β-unsaturated/α-hetero) is 1. The zero-order chi connectivity index (χ0) is 27.0. The van der Waals surface area contributed by atoms with E-state index in [1.807, 2.05) is 60.7 Å². The van der Waals surface area contributed by atoms with Crippen LogP contribution in [0.1, 0.15) is 21.5 Å². The van der Waals surface area contributed by atoms with E-state index in [1.54, 1.807) is 24.3 Å². The summed E-state index contributed by atoms with van der Waals surface area (Å²) in [5, 5.41) is 2.54. The molecule has 7 nitrogen and oxygen atoms in total. The Morgan fingerprint density at radius 1 is 0.737 bits per heavy atom. The van der Waals surface area contributed by atoms with Crippen LogP contribution in [0.3, 0.4) is 0 Å². The Morgan fingerprint density at radius 3 is 1.79 bits per heavy atom. The molecule has 1 amide bonds. The second kappa shape index (κ2) is 12.6. The Hall–Kier alpha value is -3.79. The van der Waals surface area contributed by atoms with E-state index < -0.39 is 28.5 Å². The zero-order valence-corrected chi connectivity index (χ0v) is 22.7. The van der Waals surface area contributed by atoms with E-state index in [0.29, 0.717) is 5.69 Å². The first-order valence-electron chi connectivity index (χ1n) is 11.7. The molecule has 0 saturated carbocycles. The van der Waals surface area contributed by atoms with Crippen molar-refractivity contribution < 1.29 is 22.7 Å². The molecule has 4 rings (SSSR count).